The Morgan fingerprint density at radius 1 is 1.25 bits per heavy atom. The zero-order valence-electron chi connectivity index (χ0n) is 14.3. The number of aryl methyl sites for hydroxylation is 1. The van der Waals surface area contributed by atoms with Crippen molar-refractivity contribution in [2.24, 2.45) is 5.92 Å². The Hall–Kier alpha value is -2.07. The van der Waals surface area contributed by atoms with E-state index < -0.39 is 0 Å². The minimum Gasteiger partial charge on any atom is -0.451 e. The number of furan rings is 1. The van der Waals surface area contributed by atoms with Crippen molar-refractivity contribution in [3.8, 4) is 11.3 Å². The first-order chi connectivity index (χ1) is 11.6. The quantitative estimate of drug-likeness (QED) is 0.940. The zero-order valence-corrected chi connectivity index (χ0v) is 14.3. The first-order valence-electron chi connectivity index (χ1n) is 8.82. The molecule has 1 aromatic carbocycles. The van der Waals surface area contributed by atoms with Crippen molar-refractivity contribution in [1.82, 2.24) is 10.2 Å². The topological polar surface area (TPSA) is 45.5 Å². The SMILES string of the molecule is Cc1ccccc1-c1ccc(C(=O)N[C@H]2CN3CCC2CC3C)o1. The molecule has 5 rings (SSSR count). The monoisotopic (exact) mass is 324 g/mol. The largest absolute Gasteiger partial charge is 0.451 e. The molecule has 4 heterocycles. The van der Waals surface area contributed by atoms with E-state index in [0.29, 0.717) is 17.7 Å². The van der Waals surface area contributed by atoms with E-state index in [0.717, 1.165) is 30.0 Å². The minimum absolute atomic E-state index is 0.0961. The van der Waals surface area contributed by atoms with Crippen LogP contribution in [0.2, 0.25) is 0 Å². The van der Waals surface area contributed by atoms with Gasteiger partial charge in [-0.2, -0.15) is 0 Å². The van der Waals surface area contributed by atoms with E-state index in [9.17, 15) is 4.79 Å². The fraction of sp³-hybridized carbons (Fsp3) is 0.450. The minimum atomic E-state index is -0.0961. The molecule has 4 atom stereocenters. The van der Waals surface area contributed by atoms with Gasteiger partial charge in [0.15, 0.2) is 5.76 Å². The number of carbonyl (C=O) groups is 1. The van der Waals surface area contributed by atoms with Crippen LogP contribution in [-0.2, 0) is 0 Å². The number of hydrogen-bond donors (Lipinski definition) is 1. The Morgan fingerprint density at radius 3 is 2.79 bits per heavy atom. The summed E-state index contributed by atoms with van der Waals surface area (Å²) >= 11 is 0. The van der Waals surface area contributed by atoms with Gasteiger partial charge in [0.2, 0.25) is 0 Å². The third-order valence-electron chi connectivity index (χ3n) is 5.61. The average Bonchev–Trinajstić information content (AvgIpc) is 3.06. The smallest absolute Gasteiger partial charge is 0.287 e. The number of nitrogens with zero attached hydrogens (tertiary/aromatic N) is 1. The summed E-state index contributed by atoms with van der Waals surface area (Å²) in [6, 6.07) is 12.6. The fourth-order valence-electron chi connectivity index (χ4n) is 4.15. The number of hydrogen-bond acceptors (Lipinski definition) is 3. The van der Waals surface area contributed by atoms with Gasteiger partial charge in [-0.3, -0.25) is 9.69 Å². The van der Waals surface area contributed by atoms with Crippen LogP contribution in [-0.4, -0.2) is 36.0 Å². The van der Waals surface area contributed by atoms with Crippen LogP contribution >= 0.6 is 0 Å². The lowest BCUT2D eigenvalue weighted by Gasteiger charge is -2.48. The molecule has 3 unspecified atom stereocenters. The van der Waals surface area contributed by atoms with E-state index in [4.69, 9.17) is 4.42 Å². The van der Waals surface area contributed by atoms with Crippen molar-refractivity contribution in [1.29, 1.82) is 0 Å². The van der Waals surface area contributed by atoms with Crippen LogP contribution < -0.4 is 5.32 Å². The molecule has 3 fully saturated rings. The van der Waals surface area contributed by atoms with Crippen LogP contribution in [0, 0.1) is 12.8 Å². The van der Waals surface area contributed by atoms with Gasteiger partial charge in [-0.05, 0) is 56.8 Å². The number of rotatable bonds is 3. The Balaban J connectivity index is 1.47. The molecule has 3 aliphatic rings. The Labute approximate surface area is 142 Å². The molecule has 0 saturated carbocycles. The molecule has 0 aliphatic carbocycles. The van der Waals surface area contributed by atoms with Gasteiger partial charge in [0, 0.05) is 24.2 Å². The van der Waals surface area contributed by atoms with Crippen LogP contribution in [0.15, 0.2) is 40.8 Å². The van der Waals surface area contributed by atoms with Crippen LogP contribution in [0.5, 0.6) is 0 Å². The summed E-state index contributed by atoms with van der Waals surface area (Å²) in [5, 5.41) is 3.19. The van der Waals surface area contributed by atoms with Crippen LogP contribution in [0.4, 0.5) is 0 Å². The van der Waals surface area contributed by atoms with Gasteiger partial charge in [-0.15, -0.1) is 0 Å². The van der Waals surface area contributed by atoms with E-state index in [2.05, 4.69) is 17.1 Å². The molecule has 1 aromatic heterocycles. The number of nitrogens with one attached hydrogen (secondary N) is 1. The first kappa shape index (κ1) is 15.5. The standard InChI is InChI=1S/C20H24N2O2/c1-13-5-3-4-6-16(13)18-7-8-19(24-18)20(23)21-17-12-22-10-9-15(17)11-14(22)2/h3-8,14-15,17H,9-12H2,1-2H3,(H,21,23)/t14?,15?,17-/m0/s1. The van der Waals surface area contributed by atoms with Crippen molar-refractivity contribution in [3.05, 3.63) is 47.7 Å². The third kappa shape index (κ3) is 2.75. The van der Waals surface area contributed by atoms with Gasteiger partial charge in [-0.25, -0.2) is 0 Å². The summed E-state index contributed by atoms with van der Waals surface area (Å²) in [6.07, 6.45) is 2.36. The highest BCUT2D eigenvalue weighted by Crippen LogP contribution is 2.32. The van der Waals surface area contributed by atoms with Gasteiger partial charge >= 0.3 is 0 Å². The van der Waals surface area contributed by atoms with Crippen molar-refractivity contribution < 1.29 is 9.21 Å². The Kier molecular flexibility index (Phi) is 3.93. The van der Waals surface area contributed by atoms with Crippen molar-refractivity contribution in [2.45, 2.75) is 38.8 Å². The fourth-order valence-corrected chi connectivity index (χ4v) is 4.15. The predicted octanol–water partition coefficient (Wildman–Crippen LogP) is 3.47. The normalized spacial score (nSPS) is 28.8. The highest BCUT2D eigenvalue weighted by Gasteiger charge is 2.39. The molecule has 3 saturated heterocycles. The second kappa shape index (κ2) is 6.10. The van der Waals surface area contributed by atoms with E-state index in [-0.39, 0.29) is 11.9 Å². The highest BCUT2D eigenvalue weighted by atomic mass is 16.3. The molecule has 2 bridgehead atoms. The number of amides is 1. The molecule has 24 heavy (non-hydrogen) atoms. The molecule has 3 aliphatic heterocycles. The second-order valence-electron chi connectivity index (χ2n) is 7.19. The predicted molar refractivity (Wildman–Crippen MR) is 93.9 cm³/mol. The molecule has 0 spiro atoms. The average molecular weight is 324 g/mol. The molecule has 4 heteroatoms. The lowest BCUT2D eigenvalue weighted by Crippen LogP contribution is -2.60. The molecule has 126 valence electrons. The number of piperidine rings is 3. The van der Waals surface area contributed by atoms with Gasteiger partial charge in [0.25, 0.3) is 5.91 Å². The third-order valence-corrected chi connectivity index (χ3v) is 5.61. The van der Waals surface area contributed by atoms with E-state index in [1.807, 2.05) is 37.3 Å². The van der Waals surface area contributed by atoms with E-state index in [1.165, 1.54) is 12.8 Å². The van der Waals surface area contributed by atoms with Crippen LogP contribution in [0.3, 0.4) is 0 Å². The van der Waals surface area contributed by atoms with Gasteiger partial charge in [0.1, 0.15) is 5.76 Å². The zero-order chi connectivity index (χ0) is 16.7. The van der Waals surface area contributed by atoms with E-state index >= 15 is 0 Å². The van der Waals surface area contributed by atoms with Gasteiger partial charge < -0.3 is 9.73 Å². The van der Waals surface area contributed by atoms with Gasteiger partial charge in [0.05, 0.1) is 0 Å². The summed E-state index contributed by atoms with van der Waals surface area (Å²) < 4.78 is 5.83. The summed E-state index contributed by atoms with van der Waals surface area (Å²) in [6.45, 7) is 6.45. The first-order valence-corrected chi connectivity index (χ1v) is 8.82. The maximum absolute atomic E-state index is 12.6. The van der Waals surface area contributed by atoms with Crippen LogP contribution in [0.1, 0.15) is 35.9 Å². The van der Waals surface area contributed by atoms with Crippen molar-refractivity contribution >= 4 is 5.91 Å². The summed E-state index contributed by atoms with van der Waals surface area (Å²) in [5.41, 5.74) is 2.18. The van der Waals surface area contributed by atoms with Gasteiger partial charge in [-0.1, -0.05) is 24.3 Å². The molecule has 4 nitrogen and oxygen atoms in total. The Morgan fingerprint density at radius 2 is 2.08 bits per heavy atom. The number of benzene rings is 1. The highest BCUT2D eigenvalue weighted by molar-refractivity contribution is 5.92. The van der Waals surface area contributed by atoms with Crippen molar-refractivity contribution in [3.63, 3.8) is 0 Å². The van der Waals surface area contributed by atoms with Crippen molar-refractivity contribution in [2.75, 3.05) is 13.1 Å². The maximum Gasteiger partial charge on any atom is 0.287 e. The maximum atomic E-state index is 12.6. The van der Waals surface area contributed by atoms with Crippen LogP contribution in [0.25, 0.3) is 11.3 Å². The summed E-state index contributed by atoms with van der Waals surface area (Å²) in [7, 11) is 0. The Bertz CT molecular complexity index is 752. The molecule has 2 aromatic rings. The molecular weight excluding hydrogens is 300 g/mol. The van der Waals surface area contributed by atoms with E-state index in [1.54, 1.807) is 6.07 Å². The molecular formula is C20H24N2O2. The summed E-state index contributed by atoms with van der Waals surface area (Å²) in [5.74, 6) is 1.65. The lowest BCUT2D eigenvalue weighted by molar-refractivity contribution is 0.0269. The second-order valence-corrected chi connectivity index (χ2v) is 7.19. The summed E-state index contributed by atoms with van der Waals surface area (Å²) in [4.78, 5) is 15.1. The number of carbonyl (C=O) groups excluding carboxylic acids is 1. The number of fused-ring (bicyclic) bond motifs is 3. The lowest BCUT2D eigenvalue weighted by atomic mass is 9.80. The molecule has 0 radical (unpaired) electrons. The molecule has 1 amide bonds. The molecule has 1 N–H and O–H groups in total.